The number of para-hydroxylation sites is 2. The van der Waals surface area contributed by atoms with Gasteiger partial charge in [-0.05, 0) is 37.0 Å². The molecule has 0 radical (unpaired) electrons. The van der Waals surface area contributed by atoms with Gasteiger partial charge in [-0.25, -0.2) is 0 Å². The second-order valence-corrected chi connectivity index (χ2v) is 6.19. The molecule has 0 saturated carbocycles. The van der Waals surface area contributed by atoms with Crippen LogP contribution < -0.4 is 10.1 Å². The first kappa shape index (κ1) is 14.2. The van der Waals surface area contributed by atoms with Crippen molar-refractivity contribution in [2.24, 2.45) is 5.92 Å². The lowest BCUT2D eigenvalue weighted by Gasteiger charge is -2.38. The molecule has 4 rings (SSSR count). The largest absolute Gasteiger partial charge is 0.506 e. The van der Waals surface area contributed by atoms with Crippen molar-refractivity contribution in [3.63, 3.8) is 0 Å². The molecular formula is C20H21NO2. The van der Waals surface area contributed by atoms with Crippen molar-refractivity contribution in [1.82, 2.24) is 0 Å². The van der Waals surface area contributed by atoms with Crippen LogP contribution in [0.3, 0.4) is 0 Å². The van der Waals surface area contributed by atoms with E-state index in [1.54, 1.807) is 6.07 Å². The summed E-state index contributed by atoms with van der Waals surface area (Å²) >= 11 is 0. The highest BCUT2D eigenvalue weighted by Crippen LogP contribution is 2.52. The van der Waals surface area contributed by atoms with Crippen molar-refractivity contribution in [3.8, 4) is 11.5 Å². The monoisotopic (exact) mass is 307 g/mol. The van der Waals surface area contributed by atoms with E-state index in [2.05, 4.69) is 35.7 Å². The topological polar surface area (TPSA) is 41.5 Å². The quantitative estimate of drug-likeness (QED) is 0.642. The number of allylic oxidation sites excluding steroid dienone is 2. The van der Waals surface area contributed by atoms with E-state index in [4.69, 9.17) is 4.74 Å². The molecule has 2 aromatic carbocycles. The van der Waals surface area contributed by atoms with Gasteiger partial charge < -0.3 is 15.2 Å². The number of rotatable bonds is 3. The van der Waals surface area contributed by atoms with Crippen LogP contribution in [0.15, 0.2) is 54.6 Å². The molecule has 2 aromatic rings. The molecule has 3 heteroatoms. The molecule has 0 spiro atoms. The molecular weight excluding hydrogens is 286 g/mol. The van der Waals surface area contributed by atoms with Crippen LogP contribution in [0.5, 0.6) is 11.5 Å². The third-order valence-corrected chi connectivity index (χ3v) is 4.93. The summed E-state index contributed by atoms with van der Waals surface area (Å²) in [5.74, 6) is 2.04. The van der Waals surface area contributed by atoms with E-state index in [9.17, 15) is 5.11 Å². The van der Waals surface area contributed by atoms with E-state index < -0.39 is 0 Å². The molecule has 1 aliphatic heterocycles. The third kappa shape index (κ3) is 2.27. The van der Waals surface area contributed by atoms with Crippen LogP contribution in [0, 0.1) is 5.92 Å². The summed E-state index contributed by atoms with van der Waals surface area (Å²) in [6.45, 7) is 2.66. The van der Waals surface area contributed by atoms with Crippen LogP contribution in [0.1, 0.15) is 36.4 Å². The zero-order chi connectivity index (χ0) is 15.8. The summed E-state index contributed by atoms with van der Waals surface area (Å²) in [6, 6.07) is 14.1. The van der Waals surface area contributed by atoms with Crippen LogP contribution in [-0.2, 0) is 0 Å². The van der Waals surface area contributed by atoms with Gasteiger partial charge in [0.1, 0.15) is 11.5 Å². The van der Waals surface area contributed by atoms with E-state index in [-0.39, 0.29) is 6.04 Å². The van der Waals surface area contributed by atoms with E-state index in [0.717, 1.165) is 17.9 Å². The van der Waals surface area contributed by atoms with Crippen molar-refractivity contribution in [1.29, 1.82) is 0 Å². The van der Waals surface area contributed by atoms with Gasteiger partial charge in [0.15, 0.2) is 0 Å². The molecule has 3 unspecified atom stereocenters. The van der Waals surface area contributed by atoms with Crippen molar-refractivity contribution in [2.45, 2.75) is 25.3 Å². The number of aromatic hydroxyl groups is 1. The summed E-state index contributed by atoms with van der Waals surface area (Å²) in [6.07, 6.45) is 5.57. The maximum Gasteiger partial charge on any atom is 0.138 e. The van der Waals surface area contributed by atoms with Crippen LogP contribution in [0.25, 0.3) is 0 Å². The SMILES string of the molecule is CCOc1ccccc1C1Nc2c(O)cccc2C2C=CCC21. The Morgan fingerprint density at radius 2 is 1.96 bits per heavy atom. The number of hydrogen-bond acceptors (Lipinski definition) is 3. The van der Waals surface area contributed by atoms with E-state index in [1.807, 2.05) is 25.1 Å². The summed E-state index contributed by atoms with van der Waals surface area (Å²) < 4.78 is 5.83. The first-order valence-corrected chi connectivity index (χ1v) is 8.26. The fraction of sp³-hybridized carbons (Fsp3) is 0.300. The molecule has 118 valence electrons. The molecule has 0 amide bonds. The fourth-order valence-electron chi connectivity index (χ4n) is 3.94. The molecule has 0 saturated heterocycles. The lowest BCUT2D eigenvalue weighted by molar-refractivity contribution is 0.326. The Balaban J connectivity index is 1.81. The fourth-order valence-corrected chi connectivity index (χ4v) is 3.94. The van der Waals surface area contributed by atoms with Gasteiger partial charge in [-0.2, -0.15) is 0 Å². The number of hydrogen-bond donors (Lipinski definition) is 2. The lowest BCUT2D eigenvalue weighted by Crippen LogP contribution is -2.29. The first-order valence-electron chi connectivity index (χ1n) is 8.26. The molecule has 2 aliphatic rings. The van der Waals surface area contributed by atoms with E-state index >= 15 is 0 Å². The number of benzene rings is 2. The van der Waals surface area contributed by atoms with E-state index in [1.165, 1.54) is 11.1 Å². The Morgan fingerprint density at radius 3 is 2.83 bits per heavy atom. The van der Waals surface area contributed by atoms with E-state index in [0.29, 0.717) is 24.2 Å². The molecule has 3 atom stereocenters. The summed E-state index contributed by atoms with van der Waals surface area (Å²) in [4.78, 5) is 0. The molecule has 0 bridgehead atoms. The van der Waals surface area contributed by atoms with Gasteiger partial charge in [0.05, 0.1) is 18.3 Å². The Kier molecular flexibility index (Phi) is 3.49. The second kappa shape index (κ2) is 5.65. The molecule has 2 N–H and O–H groups in total. The van der Waals surface area contributed by atoms with Crippen LogP contribution >= 0.6 is 0 Å². The molecule has 0 aromatic heterocycles. The number of anilines is 1. The normalized spacial score (nSPS) is 24.7. The number of phenols is 1. The van der Waals surface area contributed by atoms with Crippen molar-refractivity contribution in [2.75, 3.05) is 11.9 Å². The van der Waals surface area contributed by atoms with Gasteiger partial charge in [-0.1, -0.05) is 42.5 Å². The van der Waals surface area contributed by atoms with Crippen LogP contribution in [0.4, 0.5) is 5.69 Å². The number of fused-ring (bicyclic) bond motifs is 3. The third-order valence-electron chi connectivity index (χ3n) is 4.93. The van der Waals surface area contributed by atoms with Crippen molar-refractivity contribution >= 4 is 5.69 Å². The average Bonchev–Trinajstić information content (AvgIpc) is 3.06. The highest BCUT2D eigenvalue weighted by atomic mass is 16.5. The van der Waals surface area contributed by atoms with Gasteiger partial charge in [0.25, 0.3) is 0 Å². The zero-order valence-corrected chi connectivity index (χ0v) is 13.2. The molecule has 1 heterocycles. The predicted molar refractivity (Wildman–Crippen MR) is 92.1 cm³/mol. The van der Waals surface area contributed by atoms with Crippen LogP contribution in [0.2, 0.25) is 0 Å². The lowest BCUT2D eigenvalue weighted by atomic mass is 9.76. The zero-order valence-electron chi connectivity index (χ0n) is 13.2. The van der Waals surface area contributed by atoms with Gasteiger partial charge in [-0.3, -0.25) is 0 Å². The smallest absolute Gasteiger partial charge is 0.138 e. The Bertz CT molecular complexity index is 753. The van der Waals surface area contributed by atoms with Crippen LogP contribution in [-0.4, -0.2) is 11.7 Å². The second-order valence-electron chi connectivity index (χ2n) is 6.19. The first-order chi connectivity index (χ1) is 11.3. The van der Waals surface area contributed by atoms with Crippen molar-refractivity contribution < 1.29 is 9.84 Å². The molecule has 1 aliphatic carbocycles. The number of nitrogens with one attached hydrogen (secondary N) is 1. The van der Waals surface area contributed by atoms with Crippen molar-refractivity contribution in [3.05, 3.63) is 65.7 Å². The average molecular weight is 307 g/mol. The number of ether oxygens (including phenoxy) is 1. The predicted octanol–water partition coefficient (Wildman–Crippen LogP) is 4.62. The van der Waals surface area contributed by atoms with Gasteiger partial charge in [0, 0.05) is 11.5 Å². The molecule has 3 nitrogen and oxygen atoms in total. The van der Waals surface area contributed by atoms with Gasteiger partial charge >= 0.3 is 0 Å². The highest BCUT2D eigenvalue weighted by molar-refractivity contribution is 5.67. The molecule has 0 fully saturated rings. The summed E-state index contributed by atoms with van der Waals surface area (Å²) in [5, 5.41) is 13.9. The maximum atomic E-state index is 10.3. The summed E-state index contributed by atoms with van der Waals surface area (Å²) in [7, 11) is 0. The van der Waals surface area contributed by atoms with Gasteiger partial charge in [-0.15, -0.1) is 0 Å². The maximum absolute atomic E-state index is 10.3. The summed E-state index contributed by atoms with van der Waals surface area (Å²) in [5.41, 5.74) is 3.22. The Morgan fingerprint density at radius 1 is 1.13 bits per heavy atom. The number of phenolic OH excluding ortho intramolecular Hbond substituents is 1. The van der Waals surface area contributed by atoms with Gasteiger partial charge in [0.2, 0.25) is 0 Å². The standard InChI is InChI=1S/C20H21NO2/c1-2-23-18-12-4-3-7-16(18)19-14-9-5-8-13(14)15-10-6-11-17(22)20(15)21-19/h3-8,10-14,19,21-22H,2,9H2,1H3. The Labute approximate surface area is 136 Å². The minimum absolute atomic E-state index is 0.138. The minimum Gasteiger partial charge on any atom is -0.506 e. The highest BCUT2D eigenvalue weighted by Gasteiger charge is 2.39. The minimum atomic E-state index is 0.138. The Hall–Kier alpha value is -2.42. The molecule has 23 heavy (non-hydrogen) atoms.